The molecule has 206 valence electrons. The number of nitrogens with zero attached hydrogens (tertiary/aromatic N) is 3. The highest BCUT2D eigenvalue weighted by Gasteiger charge is 2.22. The van der Waals surface area contributed by atoms with Crippen LogP contribution in [0, 0.1) is 6.92 Å². The van der Waals surface area contributed by atoms with Crippen LogP contribution in [-0.2, 0) is 10.2 Å². The van der Waals surface area contributed by atoms with Gasteiger partial charge in [0.1, 0.15) is 18.2 Å². The Bertz CT molecular complexity index is 1410. The zero-order chi connectivity index (χ0) is 28.0. The zero-order valence-electron chi connectivity index (χ0n) is 23.7. The molecule has 39 heavy (non-hydrogen) atoms. The smallest absolute Gasteiger partial charge is 0.324 e. The van der Waals surface area contributed by atoms with E-state index in [1.54, 1.807) is 11.8 Å². The van der Waals surface area contributed by atoms with E-state index >= 15 is 0 Å². The maximum atomic E-state index is 13.2. The topological polar surface area (TPSA) is 80.7 Å². The van der Waals surface area contributed by atoms with Crippen molar-refractivity contribution in [1.82, 2.24) is 14.7 Å². The Morgan fingerprint density at radius 1 is 0.949 bits per heavy atom. The number of methoxy groups -OCH3 is 1. The van der Waals surface area contributed by atoms with E-state index in [0.29, 0.717) is 24.7 Å². The van der Waals surface area contributed by atoms with Gasteiger partial charge in [0.25, 0.3) is 0 Å². The third kappa shape index (κ3) is 7.16. The number of anilines is 2. The van der Waals surface area contributed by atoms with E-state index in [4.69, 9.17) is 14.6 Å². The van der Waals surface area contributed by atoms with Gasteiger partial charge in [-0.1, -0.05) is 62.7 Å². The number of urea groups is 1. The summed E-state index contributed by atoms with van der Waals surface area (Å²) in [5, 5.41) is 12.7. The van der Waals surface area contributed by atoms with Gasteiger partial charge in [-0.05, 0) is 38.2 Å². The van der Waals surface area contributed by atoms with Crippen LogP contribution in [0.2, 0.25) is 0 Å². The first kappa shape index (κ1) is 28.1. The monoisotopic (exact) mass is 529 g/mol. The predicted octanol–water partition coefficient (Wildman–Crippen LogP) is 6.23. The summed E-state index contributed by atoms with van der Waals surface area (Å²) in [7, 11) is 3.75. The van der Waals surface area contributed by atoms with Crippen LogP contribution >= 0.6 is 0 Å². The lowest BCUT2D eigenvalue weighted by molar-refractivity contribution is 0.150. The number of aryl methyl sites for hydroxylation is 1. The molecular formula is C31H39N5O3. The third-order valence-corrected chi connectivity index (χ3v) is 6.54. The minimum atomic E-state index is -0.345. The number of benzene rings is 3. The molecule has 0 aliphatic rings. The van der Waals surface area contributed by atoms with E-state index in [-0.39, 0.29) is 11.4 Å². The van der Waals surface area contributed by atoms with Crippen LogP contribution in [0.15, 0.2) is 66.7 Å². The minimum absolute atomic E-state index is 0.173. The minimum Gasteiger partial charge on any atom is -0.492 e. The van der Waals surface area contributed by atoms with Crippen LogP contribution in [0.3, 0.4) is 0 Å². The number of rotatable bonds is 10. The summed E-state index contributed by atoms with van der Waals surface area (Å²) in [6.45, 7) is 11.2. The van der Waals surface area contributed by atoms with Crippen molar-refractivity contribution in [3.05, 3.63) is 78.0 Å². The van der Waals surface area contributed by atoms with E-state index in [1.165, 1.54) is 0 Å². The summed E-state index contributed by atoms with van der Waals surface area (Å²) in [6.07, 6.45) is 0. The Morgan fingerprint density at radius 2 is 1.64 bits per heavy atom. The van der Waals surface area contributed by atoms with Gasteiger partial charge in [0.15, 0.2) is 0 Å². The van der Waals surface area contributed by atoms with Gasteiger partial charge < -0.3 is 19.7 Å². The summed E-state index contributed by atoms with van der Waals surface area (Å²) < 4.78 is 13.0. The Kier molecular flexibility index (Phi) is 8.89. The van der Waals surface area contributed by atoms with Gasteiger partial charge in [0, 0.05) is 42.5 Å². The highest BCUT2D eigenvalue weighted by molar-refractivity contribution is 6.07. The molecule has 0 fully saturated rings. The molecule has 8 nitrogen and oxygen atoms in total. The fourth-order valence-electron chi connectivity index (χ4n) is 4.17. The van der Waals surface area contributed by atoms with Crippen molar-refractivity contribution in [2.45, 2.75) is 33.1 Å². The first-order chi connectivity index (χ1) is 18.7. The van der Waals surface area contributed by atoms with Crippen LogP contribution in [0.25, 0.3) is 16.5 Å². The summed E-state index contributed by atoms with van der Waals surface area (Å²) >= 11 is 0. The van der Waals surface area contributed by atoms with Crippen molar-refractivity contribution >= 4 is 28.3 Å². The van der Waals surface area contributed by atoms with Crippen molar-refractivity contribution < 1.29 is 14.3 Å². The van der Waals surface area contributed by atoms with E-state index in [0.717, 1.165) is 46.6 Å². The number of ether oxygens (including phenoxy) is 2. The second-order valence-electron chi connectivity index (χ2n) is 10.8. The molecule has 0 saturated heterocycles. The number of carbonyl (C=O) groups is 1. The summed E-state index contributed by atoms with van der Waals surface area (Å²) in [5.74, 6) is 1.38. The molecule has 3 aromatic carbocycles. The number of likely N-dealkylation sites (N-methyl/N-ethyl adjacent to an activating group) is 1. The van der Waals surface area contributed by atoms with Gasteiger partial charge in [-0.15, -0.1) is 0 Å². The maximum absolute atomic E-state index is 13.2. The van der Waals surface area contributed by atoms with Crippen LogP contribution in [-0.4, -0.2) is 61.2 Å². The molecular weight excluding hydrogens is 490 g/mol. The van der Waals surface area contributed by atoms with Crippen molar-refractivity contribution in [2.75, 3.05) is 51.1 Å². The third-order valence-electron chi connectivity index (χ3n) is 6.54. The average molecular weight is 530 g/mol. The molecule has 2 amide bonds. The largest absolute Gasteiger partial charge is 0.492 e. The Hall–Kier alpha value is -3.88. The molecule has 4 aromatic rings. The van der Waals surface area contributed by atoms with Gasteiger partial charge in [0.05, 0.1) is 23.7 Å². The van der Waals surface area contributed by atoms with Gasteiger partial charge >= 0.3 is 6.03 Å². The second kappa shape index (κ2) is 12.3. The Morgan fingerprint density at radius 3 is 2.33 bits per heavy atom. The van der Waals surface area contributed by atoms with E-state index < -0.39 is 0 Å². The number of nitrogens with one attached hydrogen (secondary N) is 2. The molecule has 0 spiro atoms. The quantitative estimate of drug-likeness (QED) is 0.254. The Labute approximate surface area is 230 Å². The SMILES string of the molecule is COCCN(C)CCOc1ccc(NC(=O)Nc2cc(C(C)(C)C)nn2-c2ccc(C)cc2)c2ccccc12. The summed E-state index contributed by atoms with van der Waals surface area (Å²) in [5.41, 5.74) is 3.45. The number of fused-ring (bicyclic) bond motifs is 1. The predicted molar refractivity (Wildman–Crippen MR) is 158 cm³/mol. The normalized spacial score (nSPS) is 11.7. The van der Waals surface area contributed by atoms with E-state index in [9.17, 15) is 4.79 Å². The average Bonchev–Trinajstić information content (AvgIpc) is 3.33. The fourth-order valence-corrected chi connectivity index (χ4v) is 4.17. The van der Waals surface area contributed by atoms with Gasteiger partial charge in [-0.2, -0.15) is 5.10 Å². The number of hydrogen-bond donors (Lipinski definition) is 2. The molecule has 4 rings (SSSR count). The van der Waals surface area contributed by atoms with Crippen molar-refractivity contribution in [3.63, 3.8) is 0 Å². The summed E-state index contributed by atoms with van der Waals surface area (Å²) in [4.78, 5) is 15.4. The van der Waals surface area contributed by atoms with Gasteiger partial charge in [-0.25, -0.2) is 9.48 Å². The lowest BCUT2D eigenvalue weighted by Gasteiger charge is -2.18. The molecule has 0 aliphatic heterocycles. The van der Waals surface area contributed by atoms with Gasteiger partial charge in [-0.3, -0.25) is 5.32 Å². The molecule has 1 heterocycles. The molecule has 0 atom stereocenters. The van der Waals surface area contributed by atoms with Crippen LogP contribution in [0.5, 0.6) is 5.75 Å². The van der Waals surface area contributed by atoms with E-state index in [1.807, 2.05) is 80.7 Å². The van der Waals surface area contributed by atoms with Crippen molar-refractivity contribution in [2.24, 2.45) is 0 Å². The molecule has 1 aromatic heterocycles. The second-order valence-corrected chi connectivity index (χ2v) is 10.8. The van der Waals surface area contributed by atoms with Crippen molar-refractivity contribution in [1.29, 1.82) is 0 Å². The maximum Gasteiger partial charge on any atom is 0.324 e. The van der Waals surface area contributed by atoms with Crippen LogP contribution in [0.1, 0.15) is 32.0 Å². The standard InChI is InChI=1S/C31H39N5O3/c1-22-11-13-23(14-12-22)36-29(21-28(34-36)31(2,3)4)33-30(37)32-26-15-16-27(25-10-8-7-9-24(25)26)39-20-18-35(5)17-19-38-6/h7-16,21H,17-20H2,1-6H3,(H2,32,33,37). The highest BCUT2D eigenvalue weighted by Crippen LogP contribution is 2.32. The van der Waals surface area contributed by atoms with Crippen LogP contribution in [0.4, 0.5) is 16.3 Å². The molecule has 0 saturated carbocycles. The summed E-state index contributed by atoms with van der Waals surface area (Å²) in [6, 6.07) is 21.3. The lowest BCUT2D eigenvalue weighted by Crippen LogP contribution is -2.27. The number of amides is 2. The first-order valence-electron chi connectivity index (χ1n) is 13.2. The molecule has 0 aliphatic carbocycles. The van der Waals surface area contributed by atoms with E-state index in [2.05, 4.69) is 36.3 Å². The molecule has 0 bridgehead atoms. The number of carbonyl (C=O) groups excluding carboxylic acids is 1. The fraction of sp³-hybridized carbons (Fsp3) is 0.355. The lowest BCUT2D eigenvalue weighted by atomic mass is 9.92. The highest BCUT2D eigenvalue weighted by atomic mass is 16.5. The van der Waals surface area contributed by atoms with Gasteiger partial charge in [0.2, 0.25) is 0 Å². The molecule has 8 heteroatoms. The first-order valence-corrected chi connectivity index (χ1v) is 13.2. The zero-order valence-corrected chi connectivity index (χ0v) is 23.7. The Balaban J connectivity index is 1.52. The number of hydrogen-bond acceptors (Lipinski definition) is 5. The molecule has 0 radical (unpaired) electrons. The molecule has 2 N–H and O–H groups in total. The van der Waals surface area contributed by atoms with Crippen LogP contribution < -0.4 is 15.4 Å². The van der Waals surface area contributed by atoms with Crippen molar-refractivity contribution in [3.8, 4) is 11.4 Å². The molecule has 0 unspecified atom stereocenters. The number of aromatic nitrogens is 2.